The Morgan fingerprint density at radius 2 is 1.85 bits per heavy atom. The molecule has 0 spiro atoms. The van der Waals surface area contributed by atoms with E-state index < -0.39 is 5.97 Å². The van der Waals surface area contributed by atoms with E-state index in [1.807, 2.05) is 13.8 Å². The molecular formula is C12H19N4O4-. The number of hydrogen-bond donors (Lipinski definition) is 1. The van der Waals surface area contributed by atoms with Crippen molar-refractivity contribution in [2.75, 3.05) is 19.6 Å². The summed E-state index contributed by atoms with van der Waals surface area (Å²) < 4.78 is 0. The predicted octanol–water partition coefficient (Wildman–Crippen LogP) is -1.03. The van der Waals surface area contributed by atoms with Crippen LogP contribution in [0.4, 0.5) is 9.59 Å². The number of carbonyl (C=O) groups is 3. The largest absolute Gasteiger partial charge is 0.550 e. The van der Waals surface area contributed by atoms with Gasteiger partial charge in [0.1, 0.15) is 12.3 Å². The summed E-state index contributed by atoms with van der Waals surface area (Å²) in [6, 6.07) is -0.363. The normalized spacial score (nSPS) is 25.2. The molecule has 2 saturated heterocycles. The minimum absolute atomic E-state index is 0.0985. The average Bonchev–Trinajstić information content (AvgIpc) is 2.82. The van der Waals surface area contributed by atoms with Gasteiger partial charge >= 0.3 is 12.1 Å². The highest BCUT2D eigenvalue weighted by atomic mass is 16.4. The van der Waals surface area contributed by atoms with Gasteiger partial charge in [0, 0.05) is 25.6 Å². The molecule has 2 rings (SSSR count). The molecule has 0 radical (unpaired) electrons. The summed E-state index contributed by atoms with van der Waals surface area (Å²) in [6.45, 7) is 5.03. The van der Waals surface area contributed by atoms with Crippen LogP contribution in [0.15, 0.2) is 0 Å². The highest BCUT2D eigenvalue weighted by Gasteiger charge is 2.53. The maximum atomic E-state index is 12.2. The Bertz CT molecular complexity index is 428. The van der Waals surface area contributed by atoms with Gasteiger partial charge in [0.2, 0.25) is 0 Å². The van der Waals surface area contributed by atoms with Crippen molar-refractivity contribution in [3.8, 4) is 0 Å². The van der Waals surface area contributed by atoms with Crippen LogP contribution in [0.2, 0.25) is 0 Å². The lowest BCUT2D eigenvalue weighted by Crippen LogP contribution is -2.46. The summed E-state index contributed by atoms with van der Waals surface area (Å²) in [5, 5.41) is 13.2. The molecule has 2 aliphatic heterocycles. The van der Waals surface area contributed by atoms with Crippen molar-refractivity contribution < 1.29 is 19.5 Å². The lowest BCUT2D eigenvalue weighted by atomic mass is 10.2. The Morgan fingerprint density at radius 3 is 2.40 bits per heavy atom. The summed E-state index contributed by atoms with van der Waals surface area (Å²) >= 11 is 0. The number of carboxylic acids is 1. The van der Waals surface area contributed by atoms with E-state index in [2.05, 4.69) is 5.32 Å². The van der Waals surface area contributed by atoms with Gasteiger partial charge in [0.05, 0.1) is 0 Å². The molecule has 4 amide bonds. The number of aliphatic carboxylic acids is 1. The molecule has 2 aliphatic rings. The number of urea groups is 2. The minimum atomic E-state index is -1.13. The first-order valence-electron chi connectivity index (χ1n) is 6.85. The first kappa shape index (κ1) is 14.4. The molecule has 0 bridgehead atoms. The molecule has 8 heteroatoms. The van der Waals surface area contributed by atoms with Gasteiger partial charge in [-0.25, -0.2) is 9.59 Å². The first-order valence-corrected chi connectivity index (χ1v) is 6.85. The van der Waals surface area contributed by atoms with E-state index in [0.29, 0.717) is 26.1 Å². The summed E-state index contributed by atoms with van der Waals surface area (Å²) in [6.07, 6.45) is -0.500. The Labute approximate surface area is 117 Å². The lowest BCUT2D eigenvalue weighted by molar-refractivity contribution is -0.305. The van der Waals surface area contributed by atoms with Gasteiger partial charge in [0.25, 0.3) is 0 Å². The third-order valence-corrected chi connectivity index (χ3v) is 3.74. The smallest absolute Gasteiger partial charge is 0.323 e. The molecule has 2 heterocycles. The minimum Gasteiger partial charge on any atom is -0.550 e. The second-order valence-corrected chi connectivity index (χ2v) is 4.83. The van der Waals surface area contributed by atoms with Crippen LogP contribution in [-0.2, 0) is 4.79 Å². The van der Waals surface area contributed by atoms with Crippen LogP contribution in [0, 0.1) is 0 Å². The quantitative estimate of drug-likeness (QED) is 0.674. The number of nitrogens with zero attached hydrogens (tertiary/aromatic N) is 3. The van der Waals surface area contributed by atoms with Crippen LogP contribution in [0.5, 0.6) is 0 Å². The van der Waals surface area contributed by atoms with Crippen molar-refractivity contribution in [2.45, 2.75) is 39.0 Å². The van der Waals surface area contributed by atoms with Crippen LogP contribution in [0.25, 0.3) is 0 Å². The van der Waals surface area contributed by atoms with Gasteiger partial charge in [-0.05, 0) is 26.7 Å². The molecule has 8 nitrogen and oxygen atoms in total. The van der Waals surface area contributed by atoms with E-state index in [0.717, 1.165) is 0 Å². The first-order chi connectivity index (χ1) is 9.51. The summed E-state index contributed by atoms with van der Waals surface area (Å²) in [5.74, 6) is -1.13. The standard InChI is InChI=1S/C12H20N4O4/c1-3-14-9-10(15(4-2)12(14)20)16(11(19)13-9)7-5-6-8(17)18/h9-10H,3-7H2,1-2H3,(H,13,19)(H,17,18)/p-1/t9-,10+/m1/s1. The fourth-order valence-corrected chi connectivity index (χ4v) is 2.83. The lowest BCUT2D eigenvalue weighted by Gasteiger charge is -2.28. The van der Waals surface area contributed by atoms with Gasteiger partial charge in [-0.3, -0.25) is 0 Å². The number of nitrogens with one attached hydrogen (secondary N) is 1. The third kappa shape index (κ3) is 2.25. The molecule has 0 saturated carbocycles. The average molecular weight is 283 g/mol. The van der Waals surface area contributed by atoms with Gasteiger partial charge in [-0.1, -0.05) is 0 Å². The van der Waals surface area contributed by atoms with Crippen LogP contribution >= 0.6 is 0 Å². The second-order valence-electron chi connectivity index (χ2n) is 4.83. The maximum Gasteiger partial charge on any atom is 0.323 e. The van der Waals surface area contributed by atoms with Crippen molar-refractivity contribution in [3.63, 3.8) is 0 Å². The molecule has 1 N–H and O–H groups in total. The number of fused-ring (bicyclic) bond motifs is 1. The van der Waals surface area contributed by atoms with Crippen molar-refractivity contribution >= 4 is 18.0 Å². The topological polar surface area (TPSA) is 96.0 Å². The monoisotopic (exact) mass is 283 g/mol. The number of likely N-dealkylation sites (N-methyl/N-ethyl adjacent to an activating group) is 2. The molecule has 2 fully saturated rings. The molecule has 20 heavy (non-hydrogen) atoms. The zero-order valence-corrected chi connectivity index (χ0v) is 11.7. The number of rotatable bonds is 6. The third-order valence-electron chi connectivity index (χ3n) is 3.74. The van der Waals surface area contributed by atoms with Crippen molar-refractivity contribution in [2.24, 2.45) is 0 Å². The van der Waals surface area contributed by atoms with E-state index in [9.17, 15) is 19.5 Å². The SMILES string of the molecule is CCN1C(=O)N(CC)[C@H]2NC(=O)N(CCCC(=O)[O-])[C@@H]21. The Hall–Kier alpha value is -1.99. The molecule has 2 atom stereocenters. The van der Waals surface area contributed by atoms with E-state index >= 15 is 0 Å². The number of amides is 4. The van der Waals surface area contributed by atoms with E-state index in [-0.39, 0.29) is 30.8 Å². The summed E-state index contributed by atoms with van der Waals surface area (Å²) in [7, 11) is 0. The maximum absolute atomic E-state index is 12.2. The Morgan fingerprint density at radius 1 is 1.20 bits per heavy atom. The fourth-order valence-electron chi connectivity index (χ4n) is 2.83. The highest BCUT2D eigenvalue weighted by molar-refractivity contribution is 5.85. The molecule has 0 aromatic heterocycles. The molecule has 0 aromatic rings. The highest BCUT2D eigenvalue weighted by Crippen LogP contribution is 2.28. The van der Waals surface area contributed by atoms with E-state index in [1.165, 1.54) is 4.90 Å². The van der Waals surface area contributed by atoms with Crippen LogP contribution in [0.1, 0.15) is 26.7 Å². The predicted molar refractivity (Wildman–Crippen MR) is 67.2 cm³/mol. The van der Waals surface area contributed by atoms with E-state index in [4.69, 9.17) is 0 Å². The molecule has 0 aromatic carbocycles. The van der Waals surface area contributed by atoms with Gasteiger partial charge in [0.15, 0.2) is 0 Å². The van der Waals surface area contributed by atoms with Gasteiger partial charge in [-0.15, -0.1) is 0 Å². The fraction of sp³-hybridized carbons (Fsp3) is 0.750. The van der Waals surface area contributed by atoms with Gasteiger partial charge in [-0.2, -0.15) is 0 Å². The van der Waals surface area contributed by atoms with Crippen molar-refractivity contribution in [1.29, 1.82) is 0 Å². The summed E-state index contributed by atoms with van der Waals surface area (Å²) in [4.78, 5) is 39.4. The number of carbonyl (C=O) groups excluding carboxylic acids is 3. The van der Waals surface area contributed by atoms with Crippen molar-refractivity contribution in [3.05, 3.63) is 0 Å². The Kier molecular flexibility index (Phi) is 4.01. The van der Waals surface area contributed by atoms with Crippen molar-refractivity contribution in [1.82, 2.24) is 20.0 Å². The van der Waals surface area contributed by atoms with Crippen LogP contribution in [0.3, 0.4) is 0 Å². The molecule has 0 unspecified atom stereocenters. The molecule has 112 valence electrons. The summed E-state index contributed by atoms with van der Waals surface area (Å²) in [5.41, 5.74) is 0. The molecule has 0 aliphatic carbocycles. The van der Waals surface area contributed by atoms with Crippen LogP contribution < -0.4 is 10.4 Å². The Balaban J connectivity index is 2.11. The van der Waals surface area contributed by atoms with Gasteiger partial charge < -0.3 is 29.9 Å². The number of hydrogen-bond acceptors (Lipinski definition) is 4. The zero-order chi connectivity index (χ0) is 14.9. The molecular weight excluding hydrogens is 264 g/mol. The number of carboxylic acid groups (broad SMARTS) is 1. The second kappa shape index (κ2) is 5.56. The zero-order valence-electron chi connectivity index (χ0n) is 11.7. The van der Waals surface area contributed by atoms with E-state index in [1.54, 1.807) is 9.80 Å². The van der Waals surface area contributed by atoms with Crippen LogP contribution in [-0.4, -0.2) is 64.7 Å².